The number of ether oxygens (including phenoxy) is 2. The molecular formula is C37H51LiN2O7. The average Bonchev–Trinajstić information content (AvgIpc) is 3.93. The number of carboxylic acid groups (broad SMARTS) is 1. The predicted octanol–water partition coefficient (Wildman–Crippen LogP) is 2.61. The van der Waals surface area contributed by atoms with E-state index in [0.29, 0.717) is 16.4 Å². The Morgan fingerprint density at radius 2 is 1.02 bits per heavy atom. The number of benzene rings is 2. The number of carboxylic acids is 1. The third-order valence-corrected chi connectivity index (χ3v) is 11.9. The Balaban J connectivity index is 0.000000200. The summed E-state index contributed by atoms with van der Waals surface area (Å²) in [7, 11) is 0. The van der Waals surface area contributed by atoms with Crippen LogP contribution in [0.25, 0.3) is 0 Å². The van der Waals surface area contributed by atoms with Crippen LogP contribution >= 0.6 is 0 Å². The number of piperidine rings is 2. The van der Waals surface area contributed by atoms with E-state index in [0.717, 1.165) is 69.5 Å². The Hall–Kier alpha value is -2.38. The molecule has 6 fully saturated rings. The maximum Gasteiger partial charge on any atom is 1.00 e. The van der Waals surface area contributed by atoms with Gasteiger partial charge < -0.3 is 35.3 Å². The fraction of sp³-hybridized carbons (Fsp3) is 0.622. The summed E-state index contributed by atoms with van der Waals surface area (Å²) in [5, 5.41) is 9.52. The van der Waals surface area contributed by atoms with Gasteiger partial charge in [-0.15, -0.1) is 0 Å². The number of ketones is 1. The number of carbonyl (C=O) groups excluding carboxylic acids is 1. The first-order chi connectivity index (χ1) is 21.0. The van der Waals surface area contributed by atoms with Crippen molar-refractivity contribution in [2.24, 2.45) is 10.8 Å². The first-order valence-electron chi connectivity index (χ1n) is 16.7. The van der Waals surface area contributed by atoms with Crippen molar-refractivity contribution in [2.75, 3.05) is 62.4 Å². The van der Waals surface area contributed by atoms with E-state index in [2.05, 4.69) is 41.8 Å². The minimum atomic E-state index is -0.830. The van der Waals surface area contributed by atoms with Crippen LogP contribution in [0, 0.1) is 10.8 Å². The number of hydrogen-bond donors (Lipinski definition) is 1. The molecule has 4 N–H and O–H groups in total. The topological polar surface area (TPSA) is 141 Å². The van der Waals surface area contributed by atoms with E-state index in [1.807, 2.05) is 12.1 Å². The summed E-state index contributed by atoms with van der Waals surface area (Å²) < 4.78 is 10.8. The Morgan fingerprint density at radius 1 is 0.660 bits per heavy atom. The van der Waals surface area contributed by atoms with Crippen LogP contribution in [0.5, 0.6) is 0 Å². The Bertz CT molecular complexity index is 1330. The van der Waals surface area contributed by atoms with Crippen LogP contribution in [0.2, 0.25) is 0 Å². The smallest absolute Gasteiger partial charge is 0.870 e. The predicted molar refractivity (Wildman–Crippen MR) is 178 cm³/mol. The van der Waals surface area contributed by atoms with Crippen molar-refractivity contribution in [1.82, 2.24) is 0 Å². The van der Waals surface area contributed by atoms with Crippen molar-refractivity contribution in [2.45, 2.75) is 83.0 Å². The molecule has 252 valence electrons. The molecule has 4 saturated heterocycles. The van der Waals surface area contributed by atoms with Crippen molar-refractivity contribution in [3.8, 4) is 0 Å². The largest absolute Gasteiger partial charge is 1.00 e. The van der Waals surface area contributed by atoms with Crippen molar-refractivity contribution in [3.05, 3.63) is 58.7 Å². The molecule has 10 heteroatoms. The van der Waals surface area contributed by atoms with E-state index in [9.17, 15) is 14.7 Å². The zero-order chi connectivity index (χ0) is 30.7. The van der Waals surface area contributed by atoms with Gasteiger partial charge in [-0.25, -0.2) is 4.79 Å². The molecule has 0 radical (unpaired) electrons. The van der Waals surface area contributed by atoms with E-state index in [4.69, 9.17) is 9.47 Å². The number of rotatable bonds is 6. The number of nitrogens with zero attached hydrogens (tertiary/aromatic N) is 2. The van der Waals surface area contributed by atoms with Gasteiger partial charge in [0.25, 0.3) is 0 Å². The van der Waals surface area contributed by atoms with Crippen molar-refractivity contribution in [1.29, 1.82) is 0 Å². The van der Waals surface area contributed by atoms with Gasteiger partial charge in [-0.05, 0) is 105 Å². The van der Waals surface area contributed by atoms with Crippen LogP contribution in [0.3, 0.4) is 0 Å². The third-order valence-electron chi connectivity index (χ3n) is 11.9. The molecule has 2 spiro atoms. The molecule has 2 aromatic carbocycles. The second-order valence-corrected chi connectivity index (χ2v) is 15.4. The molecule has 2 aliphatic carbocycles. The summed E-state index contributed by atoms with van der Waals surface area (Å²) >= 11 is 0. The normalized spacial score (nSPS) is 23.3. The van der Waals surface area contributed by atoms with Crippen LogP contribution in [-0.2, 0) is 20.3 Å². The Morgan fingerprint density at radius 3 is 1.32 bits per heavy atom. The molecule has 2 saturated carbocycles. The maximum atomic E-state index is 12.0. The minimum Gasteiger partial charge on any atom is -0.870 e. The molecule has 47 heavy (non-hydrogen) atoms. The summed E-state index contributed by atoms with van der Waals surface area (Å²) in [6.07, 6.45) is 10.5. The SMILES string of the molecule is CC(=O)c1ccc(C2(C)COC2)cc1N1CCC2(CC1)CC2.CC1(c2ccc(C(=O)O)c(N3CCC4(CC3)CC4)c2)COC1.O.[Li+].[OH-]. The minimum absolute atomic E-state index is 0. The fourth-order valence-corrected chi connectivity index (χ4v) is 7.76. The number of Topliss-reactive ketones (excluding diaryl/α,β-unsaturated/α-hetero) is 1. The first-order valence-corrected chi connectivity index (χ1v) is 16.7. The van der Waals surface area contributed by atoms with Gasteiger partial charge >= 0.3 is 24.8 Å². The zero-order valence-electron chi connectivity index (χ0n) is 28.7. The van der Waals surface area contributed by atoms with Crippen LogP contribution in [0.1, 0.15) is 104 Å². The van der Waals surface area contributed by atoms with E-state index in [1.54, 1.807) is 13.0 Å². The van der Waals surface area contributed by atoms with Crippen LogP contribution in [-0.4, -0.2) is 80.4 Å². The summed E-state index contributed by atoms with van der Waals surface area (Å²) in [6.45, 7) is 13.3. The molecule has 4 aliphatic heterocycles. The summed E-state index contributed by atoms with van der Waals surface area (Å²) in [6, 6.07) is 12.2. The molecule has 0 amide bonds. The van der Waals surface area contributed by atoms with Gasteiger partial charge in [-0.1, -0.05) is 26.0 Å². The number of hydrogen-bond acceptors (Lipinski definition) is 7. The zero-order valence-corrected chi connectivity index (χ0v) is 28.7. The molecule has 8 rings (SSSR count). The van der Waals surface area contributed by atoms with Gasteiger partial charge in [0.15, 0.2) is 5.78 Å². The van der Waals surface area contributed by atoms with Crippen LogP contribution < -0.4 is 28.7 Å². The number of anilines is 2. The summed E-state index contributed by atoms with van der Waals surface area (Å²) in [5.41, 5.74) is 7.29. The molecular weight excluding hydrogens is 591 g/mol. The molecule has 4 heterocycles. The second kappa shape index (κ2) is 13.9. The van der Waals surface area contributed by atoms with Gasteiger partial charge in [0.1, 0.15) is 0 Å². The van der Waals surface area contributed by atoms with Gasteiger partial charge in [0, 0.05) is 48.3 Å². The van der Waals surface area contributed by atoms with Gasteiger partial charge in [0.05, 0.1) is 37.7 Å². The molecule has 0 aromatic heterocycles. The molecule has 0 atom stereocenters. The average molecular weight is 643 g/mol. The summed E-state index contributed by atoms with van der Waals surface area (Å²) in [4.78, 5) is 28.4. The molecule has 2 aromatic rings. The first kappa shape index (κ1) is 37.4. The van der Waals surface area contributed by atoms with Gasteiger partial charge in [0.2, 0.25) is 0 Å². The van der Waals surface area contributed by atoms with Crippen LogP contribution in [0.15, 0.2) is 36.4 Å². The number of carbonyl (C=O) groups is 2. The number of aromatic carboxylic acids is 1. The van der Waals surface area contributed by atoms with Crippen molar-refractivity contribution < 1.29 is 54.0 Å². The van der Waals surface area contributed by atoms with Gasteiger partial charge in [-0.3, -0.25) is 4.79 Å². The summed E-state index contributed by atoms with van der Waals surface area (Å²) in [5.74, 6) is -0.661. The van der Waals surface area contributed by atoms with E-state index in [-0.39, 0.29) is 46.4 Å². The van der Waals surface area contributed by atoms with Crippen LogP contribution in [0.4, 0.5) is 11.4 Å². The Labute approximate surface area is 291 Å². The third kappa shape index (κ3) is 7.32. The van der Waals surface area contributed by atoms with E-state index in [1.165, 1.54) is 62.5 Å². The molecule has 0 unspecified atom stereocenters. The van der Waals surface area contributed by atoms with E-state index >= 15 is 0 Å². The molecule has 6 aliphatic rings. The maximum absolute atomic E-state index is 12.0. The molecule has 0 bridgehead atoms. The fourth-order valence-electron chi connectivity index (χ4n) is 7.76. The van der Waals surface area contributed by atoms with Crippen molar-refractivity contribution in [3.63, 3.8) is 0 Å². The monoisotopic (exact) mass is 642 g/mol. The van der Waals surface area contributed by atoms with E-state index < -0.39 is 5.97 Å². The molecule has 9 nitrogen and oxygen atoms in total. The quantitative estimate of drug-likeness (QED) is 0.375. The Kier molecular flexibility index (Phi) is 11.0. The van der Waals surface area contributed by atoms with Gasteiger partial charge in [-0.2, -0.15) is 0 Å². The standard InChI is InChI=1S/C19H25NO2.C18H23NO3.Li.2H2O/c1-14(21)16-4-3-15(18(2)12-22-13-18)11-17(16)20-9-7-19(5-6-19)8-10-20;1-17(11-22-12-17)13-2-3-14(16(20)21)15(10-13)19-8-6-18(4-5-18)7-9-19;;;/h3-4,11H,5-10,12-13H2,1-2H3;2-3,10H,4-9,11-12H2,1H3,(H,20,21);;2*1H2/q;;+1;;/p-1. The van der Waals surface area contributed by atoms with Crippen molar-refractivity contribution >= 4 is 23.1 Å². The second-order valence-electron chi connectivity index (χ2n) is 15.4.